The third-order valence-corrected chi connectivity index (χ3v) is 3.15. The number of hydrogen-bond donors (Lipinski definition) is 0. The van der Waals surface area contributed by atoms with Gasteiger partial charge in [-0.1, -0.05) is 6.08 Å². The van der Waals surface area contributed by atoms with E-state index in [0.717, 1.165) is 38.7 Å². The molecule has 1 saturated heterocycles. The fourth-order valence-corrected chi connectivity index (χ4v) is 2.42. The lowest BCUT2D eigenvalue weighted by atomic mass is 9.95. The van der Waals surface area contributed by atoms with Gasteiger partial charge in [0.2, 0.25) is 0 Å². The summed E-state index contributed by atoms with van der Waals surface area (Å²) in [6, 6.07) is 0. The summed E-state index contributed by atoms with van der Waals surface area (Å²) in [5.74, 6) is -0.201. The number of carbonyl (C=O) groups is 1. The van der Waals surface area contributed by atoms with Crippen LogP contribution in [0, 0.1) is 0 Å². The quantitative estimate of drug-likeness (QED) is 0.491. The van der Waals surface area contributed by atoms with Crippen LogP contribution in [-0.2, 0) is 14.3 Å². The average molecular weight is 210 g/mol. The molecule has 1 aliphatic carbocycles. The van der Waals surface area contributed by atoms with Gasteiger partial charge in [-0.2, -0.15) is 0 Å². The minimum absolute atomic E-state index is 0.0467. The van der Waals surface area contributed by atoms with Gasteiger partial charge in [-0.15, -0.1) is 0 Å². The molecule has 1 spiro atoms. The van der Waals surface area contributed by atoms with Gasteiger partial charge in [-0.05, 0) is 38.2 Å². The van der Waals surface area contributed by atoms with Crippen LogP contribution in [0.5, 0.6) is 0 Å². The maximum Gasteiger partial charge on any atom is 0.303 e. The van der Waals surface area contributed by atoms with Crippen LogP contribution in [0.4, 0.5) is 0 Å². The number of esters is 1. The zero-order valence-corrected chi connectivity index (χ0v) is 9.20. The van der Waals surface area contributed by atoms with E-state index in [-0.39, 0.29) is 17.7 Å². The Kier molecular flexibility index (Phi) is 3.10. The molecule has 2 aliphatic rings. The maximum absolute atomic E-state index is 10.8. The monoisotopic (exact) mass is 210 g/mol. The number of ether oxygens (including phenoxy) is 2. The lowest BCUT2D eigenvalue weighted by Gasteiger charge is -2.22. The molecular formula is C12H18O3. The van der Waals surface area contributed by atoms with Crippen LogP contribution in [-0.4, -0.2) is 24.3 Å². The van der Waals surface area contributed by atoms with E-state index in [9.17, 15) is 4.79 Å². The van der Waals surface area contributed by atoms with Gasteiger partial charge >= 0.3 is 5.97 Å². The molecule has 3 nitrogen and oxygen atoms in total. The van der Waals surface area contributed by atoms with Crippen molar-refractivity contribution >= 4 is 5.97 Å². The van der Waals surface area contributed by atoms with Crippen molar-refractivity contribution in [2.75, 3.05) is 6.61 Å². The minimum Gasteiger partial charge on any atom is -0.458 e. The van der Waals surface area contributed by atoms with Crippen molar-refractivity contribution in [3.8, 4) is 0 Å². The molecule has 0 bridgehead atoms. The van der Waals surface area contributed by atoms with E-state index in [4.69, 9.17) is 9.47 Å². The van der Waals surface area contributed by atoms with Crippen LogP contribution in [0.3, 0.4) is 0 Å². The average Bonchev–Trinajstić information content (AvgIpc) is 2.53. The third-order valence-electron chi connectivity index (χ3n) is 3.15. The van der Waals surface area contributed by atoms with Crippen LogP contribution >= 0.6 is 0 Å². The molecule has 2 rings (SSSR count). The summed E-state index contributed by atoms with van der Waals surface area (Å²) < 4.78 is 11.0. The molecule has 1 fully saturated rings. The van der Waals surface area contributed by atoms with E-state index in [1.807, 2.05) is 6.08 Å². The number of hydrogen-bond acceptors (Lipinski definition) is 3. The van der Waals surface area contributed by atoms with E-state index in [0.29, 0.717) is 0 Å². The summed E-state index contributed by atoms with van der Waals surface area (Å²) in [7, 11) is 0. The molecule has 0 amide bonds. The van der Waals surface area contributed by atoms with Gasteiger partial charge in [-0.25, -0.2) is 0 Å². The molecular weight excluding hydrogens is 192 g/mol. The van der Waals surface area contributed by atoms with Crippen LogP contribution in [0.1, 0.15) is 39.0 Å². The molecule has 1 heterocycles. The Hall–Kier alpha value is -0.830. The predicted octanol–water partition coefficient (Wildman–Crippen LogP) is 2.21. The topological polar surface area (TPSA) is 35.5 Å². The zero-order valence-electron chi connectivity index (χ0n) is 9.20. The van der Waals surface area contributed by atoms with Crippen LogP contribution < -0.4 is 0 Å². The van der Waals surface area contributed by atoms with Crippen molar-refractivity contribution in [2.45, 2.75) is 50.7 Å². The van der Waals surface area contributed by atoms with Crippen molar-refractivity contribution in [2.24, 2.45) is 0 Å². The fraction of sp³-hybridized carbons (Fsp3) is 0.750. The van der Waals surface area contributed by atoms with Gasteiger partial charge in [0.05, 0.1) is 5.60 Å². The first kappa shape index (κ1) is 10.7. The normalized spacial score (nSPS) is 35.4. The van der Waals surface area contributed by atoms with E-state index in [1.165, 1.54) is 6.92 Å². The van der Waals surface area contributed by atoms with Crippen LogP contribution in [0.2, 0.25) is 0 Å². The molecule has 84 valence electrons. The second-order valence-electron chi connectivity index (χ2n) is 4.42. The molecule has 0 aromatic heterocycles. The molecule has 0 radical (unpaired) electrons. The SMILES string of the molecule is CC(=O)O[C@@H]1C=C[C@@]2(CCCO2)CCC1. The van der Waals surface area contributed by atoms with Crippen molar-refractivity contribution in [3.05, 3.63) is 12.2 Å². The van der Waals surface area contributed by atoms with Gasteiger partial charge in [0.25, 0.3) is 0 Å². The molecule has 0 aromatic carbocycles. The summed E-state index contributed by atoms with van der Waals surface area (Å²) in [5, 5.41) is 0. The molecule has 0 N–H and O–H groups in total. The summed E-state index contributed by atoms with van der Waals surface area (Å²) >= 11 is 0. The van der Waals surface area contributed by atoms with E-state index in [1.54, 1.807) is 0 Å². The first-order chi connectivity index (χ1) is 7.20. The number of carbonyl (C=O) groups excluding carboxylic acids is 1. The molecule has 2 atom stereocenters. The zero-order chi connectivity index (χ0) is 10.7. The van der Waals surface area contributed by atoms with Crippen molar-refractivity contribution < 1.29 is 14.3 Å². The Labute approximate surface area is 90.4 Å². The lowest BCUT2D eigenvalue weighted by molar-refractivity contribution is -0.144. The summed E-state index contributed by atoms with van der Waals surface area (Å²) in [6.07, 6.45) is 9.35. The summed E-state index contributed by atoms with van der Waals surface area (Å²) in [4.78, 5) is 10.8. The highest BCUT2D eigenvalue weighted by molar-refractivity contribution is 5.66. The van der Waals surface area contributed by atoms with Crippen molar-refractivity contribution in [1.29, 1.82) is 0 Å². The second-order valence-corrected chi connectivity index (χ2v) is 4.42. The maximum atomic E-state index is 10.8. The third kappa shape index (κ3) is 2.59. The van der Waals surface area contributed by atoms with Gasteiger partial charge in [0.1, 0.15) is 6.10 Å². The largest absolute Gasteiger partial charge is 0.458 e. The van der Waals surface area contributed by atoms with Gasteiger partial charge in [0.15, 0.2) is 0 Å². The minimum atomic E-state index is -0.201. The fourth-order valence-electron chi connectivity index (χ4n) is 2.42. The number of rotatable bonds is 1. The molecule has 3 heteroatoms. The highest BCUT2D eigenvalue weighted by atomic mass is 16.5. The molecule has 0 aromatic rings. The van der Waals surface area contributed by atoms with Gasteiger partial charge in [-0.3, -0.25) is 4.79 Å². The lowest BCUT2D eigenvalue weighted by Crippen LogP contribution is -2.23. The van der Waals surface area contributed by atoms with Crippen molar-refractivity contribution in [3.63, 3.8) is 0 Å². The Morgan fingerprint density at radius 2 is 2.27 bits per heavy atom. The van der Waals surface area contributed by atoms with E-state index < -0.39 is 0 Å². The Bertz CT molecular complexity index is 264. The Morgan fingerprint density at radius 1 is 1.47 bits per heavy atom. The molecule has 15 heavy (non-hydrogen) atoms. The Balaban J connectivity index is 2.00. The van der Waals surface area contributed by atoms with Crippen LogP contribution in [0.15, 0.2) is 12.2 Å². The van der Waals surface area contributed by atoms with Gasteiger partial charge < -0.3 is 9.47 Å². The highest BCUT2D eigenvalue weighted by Gasteiger charge is 2.34. The summed E-state index contributed by atoms with van der Waals surface area (Å²) in [6.45, 7) is 2.32. The van der Waals surface area contributed by atoms with E-state index >= 15 is 0 Å². The first-order valence-electron chi connectivity index (χ1n) is 5.71. The van der Waals surface area contributed by atoms with Crippen molar-refractivity contribution in [1.82, 2.24) is 0 Å². The van der Waals surface area contributed by atoms with Gasteiger partial charge in [0, 0.05) is 13.5 Å². The van der Waals surface area contributed by atoms with E-state index in [2.05, 4.69) is 6.08 Å². The highest BCUT2D eigenvalue weighted by Crippen LogP contribution is 2.34. The standard InChI is InChI=1S/C12H18O3/c1-10(13)15-11-4-2-6-12(8-5-11)7-3-9-14-12/h5,8,11H,2-4,6-7,9H2,1H3/t11-,12-/m0/s1. The Morgan fingerprint density at radius 3 is 2.93 bits per heavy atom. The first-order valence-corrected chi connectivity index (χ1v) is 5.71. The van der Waals surface area contributed by atoms with Crippen LogP contribution in [0.25, 0.3) is 0 Å². The predicted molar refractivity (Wildman–Crippen MR) is 56.5 cm³/mol. The second kappa shape index (κ2) is 4.35. The molecule has 0 unspecified atom stereocenters. The smallest absolute Gasteiger partial charge is 0.303 e. The molecule has 1 aliphatic heterocycles. The summed E-state index contributed by atoms with van der Waals surface area (Å²) in [5.41, 5.74) is -0.0467. The molecule has 0 saturated carbocycles.